The molecule has 0 saturated heterocycles. The molecule has 0 spiro atoms. The molecular formula is C17H20NO3+. The molecule has 1 aliphatic rings. The molecule has 2 aromatic carbocycles. The van der Waals surface area contributed by atoms with E-state index >= 15 is 0 Å². The Morgan fingerprint density at radius 1 is 1.10 bits per heavy atom. The van der Waals surface area contributed by atoms with Gasteiger partial charge in [-0.05, 0) is 36.4 Å². The number of quaternary nitrogens is 1. The van der Waals surface area contributed by atoms with E-state index < -0.39 is 0 Å². The van der Waals surface area contributed by atoms with Crippen molar-refractivity contribution in [1.29, 1.82) is 0 Å². The van der Waals surface area contributed by atoms with Gasteiger partial charge >= 0.3 is 0 Å². The van der Waals surface area contributed by atoms with Crippen LogP contribution in [0.1, 0.15) is 5.56 Å². The van der Waals surface area contributed by atoms with Gasteiger partial charge in [-0.2, -0.15) is 0 Å². The van der Waals surface area contributed by atoms with Crippen LogP contribution in [0.5, 0.6) is 17.2 Å². The Morgan fingerprint density at radius 3 is 2.62 bits per heavy atom. The second-order valence-electron chi connectivity index (χ2n) is 5.07. The number of methoxy groups -OCH3 is 1. The van der Waals surface area contributed by atoms with Crippen LogP contribution in [0.2, 0.25) is 0 Å². The van der Waals surface area contributed by atoms with Crippen molar-refractivity contribution < 1.29 is 19.5 Å². The SMILES string of the molecule is COc1ccc(C[NH2+]C[C@H]2COc3ccccc3O2)cc1. The monoisotopic (exact) mass is 286 g/mol. The lowest BCUT2D eigenvalue weighted by Crippen LogP contribution is -2.85. The fourth-order valence-electron chi connectivity index (χ4n) is 2.38. The Morgan fingerprint density at radius 2 is 1.86 bits per heavy atom. The van der Waals surface area contributed by atoms with Crippen molar-refractivity contribution in [2.45, 2.75) is 12.6 Å². The molecule has 110 valence electrons. The lowest BCUT2D eigenvalue weighted by molar-refractivity contribution is -0.676. The highest BCUT2D eigenvalue weighted by atomic mass is 16.6. The maximum atomic E-state index is 5.93. The fraction of sp³-hybridized carbons (Fsp3) is 0.294. The third kappa shape index (κ3) is 3.47. The highest BCUT2D eigenvalue weighted by molar-refractivity contribution is 5.40. The van der Waals surface area contributed by atoms with Gasteiger partial charge in [0, 0.05) is 5.56 Å². The molecule has 21 heavy (non-hydrogen) atoms. The Labute approximate surface area is 124 Å². The summed E-state index contributed by atoms with van der Waals surface area (Å²) in [7, 11) is 1.68. The van der Waals surface area contributed by atoms with Crippen molar-refractivity contribution >= 4 is 0 Å². The van der Waals surface area contributed by atoms with E-state index in [1.807, 2.05) is 36.4 Å². The Balaban J connectivity index is 1.48. The zero-order valence-corrected chi connectivity index (χ0v) is 12.1. The van der Waals surface area contributed by atoms with Gasteiger partial charge in [0.05, 0.1) is 7.11 Å². The molecule has 1 heterocycles. The maximum absolute atomic E-state index is 5.93. The van der Waals surface area contributed by atoms with Gasteiger partial charge in [0.25, 0.3) is 0 Å². The van der Waals surface area contributed by atoms with Crippen LogP contribution in [0.25, 0.3) is 0 Å². The minimum absolute atomic E-state index is 0.0955. The maximum Gasteiger partial charge on any atom is 0.181 e. The van der Waals surface area contributed by atoms with Gasteiger partial charge in [0.2, 0.25) is 0 Å². The zero-order valence-electron chi connectivity index (χ0n) is 12.1. The van der Waals surface area contributed by atoms with E-state index in [9.17, 15) is 0 Å². The molecule has 0 fully saturated rings. The van der Waals surface area contributed by atoms with Gasteiger partial charge in [-0.1, -0.05) is 12.1 Å². The number of hydrogen-bond acceptors (Lipinski definition) is 3. The van der Waals surface area contributed by atoms with Gasteiger partial charge in [-0.3, -0.25) is 0 Å². The van der Waals surface area contributed by atoms with E-state index in [0.717, 1.165) is 30.3 Å². The topological polar surface area (TPSA) is 44.3 Å². The number of para-hydroxylation sites is 2. The number of nitrogens with two attached hydrogens (primary N) is 1. The van der Waals surface area contributed by atoms with E-state index in [2.05, 4.69) is 17.4 Å². The number of rotatable bonds is 5. The highest BCUT2D eigenvalue weighted by Gasteiger charge is 2.21. The summed E-state index contributed by atoms with van der Waals surface area (Å²) in [4.78, 5) is 0. The first-order valence-corrected chi connectivity index (χ1v) is 7.18. The summed E-state index contributed by atoms with van der Waals surface area (Å²) in [5.74, 6) is 2.56. The van der Waals surface area contributed by atoms with Gasteiger partial charge in [-0.15, -0.1) is 0 Å². The van der Waals surface area contributed by atoms with E-state index in [1.54, 1.807) is 7.11 Å². The molecule has 0 aromatic heterocycles. The number of hydrogen-bond donors (Lipinski definition) is 1. The van der Waals surface area contributed by atoms with Crippen LogP contribution < -0.4 is 19.5 Å². The smallest absolute Gasteiger partial charge is 0.181 e. The van der Waals surface area contributed by atoms with Crippen molar-refractivity contribution in [3.8, 4) is 17.2 Å². The molecule has 1 atom stereocenters. The summed E-state index contributed by atoms with van der Waals surface area (Å²) in [6, 6.07) is 16.0. The van der Waals surface area contributed by atoms with E-state index in [1.165, 1.54) is 5.56 Å². The minimum atomic E-state index is 0.0955. The van der Waals surface area contributed by atoms with Crippen LogP contribution >= 0.6 is 0 Å². The zero-order chi connectivity index (χ0) is 14.5. The average molecular weight is 286 g/mol. The molecule has 1 aliphatic heterocycles. The number of fused-ring (bicyclic) bond motifs is 1. The van der Waals surface area contributed by atoms with Crippen LogP contribution in [0.15, 0.2) is 48.5 Å². The predicted molar refractivity (Wildman–Crippen MR) is 79.8 cm³/mol. The first-order valence-electron chi connectivity index (χ1n) is 7.18. The van der Waals surface area contributed by atoms with Crippen LogP contribution in [0.4, 0.5) is 0 Å². The molecule has 4 heteroatoms. The summed E-state index contributed by atoms with van der Waals surface area (Å²) >= 11 is 0. The van der Waals surface area contributed by atoms with Crippen LogP contribution in [0, 0.1) is 0 Å². The lowest BCUT2D eigenvalue weighted by atomic mass is 10.2. The van der Waals surface area contributed by atoms with Gasteiger partial charge in [0.15, 0.2) is 17.6 Å². The third-order valence-electron chi connectivity index (χ3n) is 3.54. The summed E-state index contributed by atoms with van der Waals surface area (Å²) in [6.45, 7) is 2.40. The molecule has 0 saturated carbocycles. The standard InChI is InChI=1S/C17H19NO3/c1-19-14-8-6-13(7-9-14)10-18-11-15-12-20-16-4-2-3-5-17(16)21-15/h2-9,15,18H,10-12H2,1H3/p+1/t15-/m0/s1. The Hall–Kier alpha value is -2.20. The second kappa shape index (κ2) is 6.50. The largest absolute Gasteiger partial charge is 0.497 e. The van der Waals surface area contributed by atoms with Crippen molar-refractivity contribution in [1.82, 2.24) is 0 Å². The molecule has 2 N–H and O–H groups in total. The van der Waals surface area contributed by atoms with E-state index in [0.29, 0.717) is 6.61 Å². The van der Waals surface area contributed by atoms with Crippen molar-refractivity contribution in [2.24, 2.45) is 0 Å². The number of ether oxygens (including phenoxy) is 3. The molecule has 0 unspecified atom stereocenters. The normalized spacial score (nSPS) is 16.5. The molecule has 2 aromatic rings. The van der Waals surface area contributed by atoms with E-state index in [4.69, 9.17) is 14.2 Å². The fourth-order valence-corrected chi connectivity index (χ4v) is 2.38. The lowest BCUT2D eigenvalue weighted by Gasteiger charge is -2.25. The Kier molecular flexibility index (Phi) is 4.26. The molecular weight excluding hydrogens is 266 g/mol. The second-order valence-corrected chi connectivity index (χ2v) is 5.07. The van der Waals surface area contributed by atoms with Gasteiger partial charge < -0.3 is 19.5 Å². The summed E-state index contributed by atoms with van der Waals surface area (Å²) in [6.07, 6.45) is 0.0955. The predicted octanol–water partition coefficient (Wildman–Crippen LogP) is 1.60. The highest BCUT2D eigenvalue weighted by Crippen LogP contribution is 2.30. The van der Waals surface area contributed by atoms with E-state index in [-0.39, 0.29) is 6.10 Å². The van der Waals surface area contributed by atoms with Gasteiger partial charge in [-0.25, -0.2) is 0 Å². The van der Waals surface area contributed by atoms with Crippen LogP contribution in [-0.2, 0) is 6.54 Å². The molecule has 0 bridgehead atoms. The first kappa shape index (κ1) is 13.8. The van der Waals surface area contributed by atoms with Gasteiger partial charge in [0.1, 0.15) is 25.4 Å². The van der Waals surface area contributed by atoms with Crippen molar-refractivity contribution in [3.63, 3.8) is 0 Å². The third-order valence-corrected chi connectivity index (χ3v) is 3.54. The average Bonchev–Trinajstić information content (AvgIpc) is 2.55. The van der Waals surface area contributed by atoms with Crippen LogP contribution in [-0.4, -0.2) is 26.4 Å². The Bertz CT molecular complexity index is 583. The summed E-state index contributed by atoms with van der Waals surface area (Å²) in [5, 5.41) is 2.24. The summed E-state index contributed by atoms with van der Waals surface area (Å²) < 4.78 is 16.8. The minimum Gasteiger partial charge on any atom is -0.497 e. The molecule has 4 nitrogen and oxygen atoms in total. The quantitative estimate of drug-likeness (QED) is 0.908. The molecule has 0 aliphatic carbocycles. The molecule has 3 rings (SSSR count). The summed E-state index contributed by atoms with van der Waals surface area (Å²) in [5.41, 5.74) is 1.27. The first-order chi connectivity index (χ1) is 10.3. The van der Waals surface area contributed by atoms with Crippen molar-refractivity contribution in [2.75, 3.05) is 20.3 Å². The van der Waals surface area contributed by atoms with Crippen molar-refractivity contribution in [3.05, 3.63) is 54.1 Å². The van der Waals surface area contributed by atoms with Crippen LogP contribution in [0.3, 0.4) is 0 Å². The molecule has 0 amide bonds. The molecule has 0 radical (unpaired) electrons. The number of benzene rings is 2.